The number of piperidine rings is 1. The average molecular weight is 180 g/mol. The summed E-state index contributed by atoms with van der Waals surface area (Å²) in [6.45, 7) is 3.99. The highest BCUT2D eigenvalue weighted by Gasteiger charge is 2.14. The fraction of sp³-hybridized carbons (Fsp3) is 1.00. The Morgan fingerprint density at radius 3 is 2.73 bits per heavy atom. The van der Waals surface area contributed by atoms with Crippen LogP contribution in [-0.2, 0) is 0 Å². The van der Waals surface area contributed by atoms with E-state index in [1.807, 2.05) is 0 Å². The first-order chi connectivity index (χ1) is 4.83. The molecule has 0 bridgehead atoms. The minimum absolute atomic E-state index is 0. The molecule has 1 fully saturated rings. The van der Waals surface area contributed by atoms with E-state index in [2.05, 4.69) is 4.90 Å². The van der Waals surface area contributed by atoms with Crippen molar-refractivity contribution in [3.05, 3.63) is 0 Å². The first-order valence-electron chi connectivity index (χ1n) is 4.01. The van der Waals surface area contributed by atoms with Crippen molar-refractivity contribution in [2.24, 2.45) is 11.5 Å². The molecule has 1 unspecified atom stereocenters. The van der Waals surface area contributed by atoms with E-state index >= 15 is 0 Å². The van der Waals surface area contributed by atoms with Crippen LogP contribution in [-0.4, -0.2) is 37.1 Å². The van der Waals surface area contributed by atoms with Gasteiger partial charge in [0.05, 0.1) is 0 Å². The second kappa shape index (κ2) is 5.77. The van der Waals surface area contributed by atoms with Crippen molar-refractivity contribution < 1.29 is 0 Å². The summed E-state index contributed by atoms with van der Waals surface area (Å²) < 4.78 is 0. The van der Waals surface area contributed by atoms with Gasteiger partial charge in [0, 0.05) is 25.7 Å². The molecular weight excluding hydrogens is 162 g/mol. The molecule has 11 heavy (non-hydrogen) atoms. The Labute approximate surface area is 74.5 Å². The number of hydrogen-bond acceptors (Lipinski definition) is 3. The summed E-state index contributed by atoms with van der Waals surface area (Å²) in [5, 5.41) is 0. The molecule has 1 atom stereocenters. The van der Waals surface area contributed by atoms with Crippen LogP contribution in [0, 0.1) is 0 Å². The fourth-order valence-electron chi connectivity index (χ4n) is 1.48. The van der Waals surface area contributed by atoms with Crippen LogP contribution in [0.2, 0.25) is 0 Å². The minimum atomic E-state index is 0. The van der Waals surface area contributed by atoms with E-state index in [1.54, 1.807) is 0 Å². The molecule has 4 heteroatoms. The molecule has 0 amide bonds. The molecule has 0 saturated carbocycles. The lowest BCUT2D eigenvalue weighted by molar-refractivity contribution is 0.214. The third-order valence-corrected chi connectivity index (χ3v) is 1.99. The van der Waals surface area contributed by atoms with Gasteiger partial charge >= 0.3 is 0 Å². The van der Waals surface area contributed by atoms with Crippen molar-refractivity contribution in [3.8, 4) is 0 Å². The van der Waals surface area contributed by atoms with E-state index in [0.717, 1.165) is 19.6 Å². The summed E-state index contributed by atoms with van der Waals surface area (Å²) in [5.74, 6) is 0. The number of rotatable bonds is 2. The molecule has 3 nitrogen and oxygen atoms in total. The van der Waals surface area contributed by atoms with E-state index in [0.29, 0.717) is 6.04 Å². The minimum Gasteiger partial charge on any atom is -0.329 e. The molecule has 4 N–H and O–H groups in total. The maximum Gasteiger partial charge on any atom is 0.0168 e. The van der Waals surface area contributed by atoms with Crippen molar-refractivity contribution in [2.45, 2.75) is 18.9 Å². The normalized spacial score (nSPS) is 26.2. The summed E-state index contributed by atoms with van der Waals surface area (Å²) >= 11 is 0. The molecule has 1 rings (SSSR count). The van der Waals surface area contributed by atoms with Crippen molar-refractivity contribution in [1.82, 2.24) is 4.90 Å². The van der Waals surface area contributed by atoms with E-state index in [9.17, 15) is 0 Å². The van der Waals surface area contributed by atoms with E-state index in [-0.39, 0.29) is 12.4 Å². The Morgan fingerprint density at radius 1 is 1.45 bits per heavy atom. The van der Waals surface area contributed by atoms with Crippen LogP contribution < -0.4 is 11.5 Å². The summed E-state index contributed by atoms with van der Waals surface area (Å²) in [4.78, 5) is 2.34. The largest absolute Gasteiger partial charge is 0.329 e. The molecule has 0 aromatic rings. The number of hydrogen-bond donors (Lipinski definition) is 2. The summed E-state index contributed by atoms with van der Waals surface area (Å²) in [6.07, 6.45) is 2.42. The second-order valence-electron chi connectivity index (χ2n) is 2.99. The summed E-state index contributed by atoms with van der Waals surface area (Å²) in [7, 11) is 0. The monoisotopic (exact) mass is 179 g/mol. The predicted octanol–water partition coefficient (Wildman–Crippen LogP) is -0.210. The number of likely N-dealkylation sites (tertiary alicyclic amines) is 1. The first kappa shape index (κ1) is 11.2. The van der Waals surface area contributed by atoms with Gasteiger partial charge in [-0.3, -0.25) is 0 Å². The Kier molecular flexibility index (Phi) is 5.86. The highest BCUT2D eigenvalue weighted by molar-refractivity contribution is 5.85. The molecule has 1 heterocycles. The van der Waals surface area contributed by atoms with Gasteiger partial charge in [0.15, 0.2) is 0 Å². The summed E-state index contributed by atoms with van der Waals surface area (Å²) in [6, 6.07) is 0.389. The third kappa shape index (κ3) is 3.91. The fourth-order valence-corrected chi connectivity index (χ4v) is 1.48. The van der Waals surface area contributed by atoms with Gasteiger partial charge in [-0.05, 0) is 19.4 Å². The molecule has 0 aliphatic carbocycles. The standard InChI is InChI=1S/C7H17N3.ClH/c8-3-5-10-4-1-2-7(9)6-10;/h7H,1-6,8-9H2;1H. The van der Waals surface area contributed by atoms with Crippen molar-refractivity contribution in [3.63, 3.8) is 0 Å². The number of nitrogens with zero attached hydrogens (tertiary/aromatic N) is 1. The van der Waals surface area contributed by atoms with Crippen LogP contribution in [0.3, 0.4) is 0 Å². The second-order valence-corrected chi connectivity index (χ2v) is 2.99. The lowest BCUT2D eigenvalue weighted by Crippen LogP contribution is -2.44. The SMILES string of the molecule is Cl.NCCN1CCCC(N)C1. The van der Waals surface area contributed by atoms with Crippen molar-refractivity contribution in [1.29, 1.82) is 0 Å². The Morgan fingerprint density at radius 2 is 2.18 bits per heavy atom. The molecule has 1 saturated heterocycles. The maximum atomic E-state index is 5.77. The molecule has 0 spiro atoms. The van der Waals surface area contributed by atoms with Gasteiger partial charge in [-0.15, -0.1) is 12.4 Å². The zero-order chi connectivity index (χ0) is 7.40. The van der Waals surface area contributed by atoms with Crippen LogP contribution in [0.5, 0.6) is 0 Å². The molecule has 1 aliphatic heterocycles. The smallest absolute Gasteiger partial charge is 0.0168 e. The molecular formula is C7H18ClN3. The maximum absolute atomic E-state index is 5.77. The van der Waals surface area contributed by atoms with Crippen molar-refractivity contribution in [2.75, 3.05) is 26.2 Å². The van der Waals surface area contributed by atoms with Gasteiger partial charge in [-0.2, -0.15) is 0 Å². The Balaban J connectivity index is 0.000001000. The molecule has 1 aliphatic rings. The zero-order valence-electron chi connectivity index (χ0n) is 6.83. The lowest BCUT2D eigenvalue weighted by atomic mass is 10.1. The van der Waals surface area contributed by atoms with Gasteiger partial charge < -0.3 is 16.4 Å². The highest BCUT2D eigenvalue weighted by atomic mass is 35.5. The van der Waals surface area contributed by atoms with Crippen molar-refractivity contribution >= 4 is 12.4 Å². The first-order valence-corrected chi connectivity index (χ1v) is 4.01. The van der Waals surface area contributed by atoms with Gasteiger partial charge in [0.1, 0.15) is 0 Å². The quantitative estimate of drug-likeness (QED) is 0.617. The molecule has 68 valence electrons. The Bertz CT molecular complexity index is 97.7. The third-order valence-electron chi connectivity index (χ3n) is 1.99. The Hall–Kier alpha value is 0.170. The average Bonchev–Trinajstić information content (AvgIpc) is 1.88. The van der Waals surface area contributed by atoms with Gasteiger partial charge in [-0.25, -0.2) is 0 Å². The topological polar surface area (TPSA) is 55.3 Å². The molecule has 0 aromatic carbocycles. The van der Waals surface area contributed by atoms with E-state index in [1.165, 1.54) is 19.4 Å². The highest BCUT2D eigenvalue weighted by Crippen LogP contribution is 2.06. The van der Waals surface area contributed by atoms with Crippen LogP contribution in [0.15, 0.2) is 0 Å². The zero-order valence-corrected chi connectivity index (χ0v) is 7.65. The number of nitrogens with two attached hydrogens (primary N) is 2. The van der Waals surface area contributed by atoms with Crippen LogP contribution in [0.1, 0.15) is 12.8 Å². The van der Waals surface area contributed by atoms with E-state index < -0.39 is 0 Å². The van der Waals surface area contributed by atoms with E-state index in [4.69, 9.17) is 11.5 Å². The number of halogens is 1. The van der Waals surface area contributed by atoms with Crippen LogP contribution >= 0.6 is 12.4 Å². The summed E-state index contributed by atoms with van der Waals surface area (Å²) in [5.41, 5.74) is 11.2. The van der Waals surface area contributed by atoms with Gasteiger partial charge in [0.2, 0.25) is 0 Å². The van der Waals surface area contributed by atoms with Gasteiger partial charge in [-0.1, -0.05) is 0 Å². The van der Waals surface area contributed by atoms with Crippen LogP contribution in [0.4, 0.5) is 0 Å². The van der Waals surface area contributed by atoms with Crippen LogP contribution in [0.25, 0.3) is 0 Å². The lowest BCUT2D eigenvalue weighted by Gasteiger charge is -2.29. The molecule has 0 radical (unpaired) electrons. The van der Waals surface area contributed by atoms with Gasteiger partial charge in [0.25, 0.3) is 0 Å². The predicted molar refractivity (Wildman–Crippen MR) is 50.0 cm³/mol. The molecule has 0 aromatic heterocycles.